The van der Waals surface area contributed by atoms with Gasteiger partial charge in [-0.15, -0.1) is 0 Å². The molecule has 0 aliphatic heterocycles. The quantitative estimate of drug-likeness (QED) is 0.532. The van der Waals surface area contributed by atoms with Crippen LogP contribution in [-0.2, 0) is 4.74 Å². The molecule has 0 saturated carbocycles. The lowest BCUT2D eigenvalue weighted by Crippen LogP contribution is -2.38. The third kappa shape index (κ3) is 10.6. The van der Waals surface area contributed by atoms with Crippen LogP contribution in [0.1, 0.15) is 88.0 Å². The fourth-order valence-corrected chi connectivity index (χ4v) is 3.30. The molecule has 0 radical (unpaired) electrons. The second-order valence-corrected chi connectivity index (χ2v) is 9.31. The van der Waals surface area contributed by atoms with Crippen molar-refractivity contribution >= 4 is 0 Å². The molecule has 2 unspecified atom stereocenters. The minimum absolute atomic E-state index is 0.124. The molecular formula is C20H42O2. The minimum atomic E-state index is -0.644. The van der Waals surface area contributed by atoms with E-state index in [1.165, 1.54) is 19.3 Å². The first-order chi connectivity index (χ1) is 9.83. The number of hydrogen-bond donors (Lipinski definition) is 1. The maximum atomic E-state index is 9.86. The maximum Gasteiger partial charge on any atom is 0.0654 e. The molecule has 1 N–H and O–H groups in total. The van der Waals surface area contributed by atoms with Crippen LogP contribution in [0.25, 0.3) is 0 Å². The van der Waals surface area contributed by atoms with Gasteiger partial charge in [0.15, 0.2) is 0 Å². The van der Waals surface area contributed by atoms with Crippen LogP contribution in [0.4, 0.5) is 0 Å². The molecule has 0 aromatic rings. The smallest absolute Gasteiger partial charge is 0.0654 e. The van der Waals surface area contributed by atoms with Crippen LogP contribution in [0.5, 0.6) is 0 Å². The van der Waals surface area contributed by atoms with Gasteiger partial charge in [0.2, 0.25) is 0 Å². The predicted octanol–water partition coefficient (Wildman–Crippen LogP) is 5.68. The molecule has 2 nitrogen and oxygen atoms in total. The molecule has 134 valence electrons. The molecule has 0 bridgehead atoms. The molecule has 0 rings (SSSR count). The highest BCUT2D eigenvalue weighted by molar-refractivity contribution is 4.82. The monoisotopic (exact) mass is 314 g/mol. The normalized spacial score (nSPS) is 16.4. The van der Waals surface area contributed by atoms with Crippen LogP contribution in [0.3, 0.4) is 0 Å². The van der Waals surface area contributed by atoms with E-state index in [9.17, 15) is 5.11 Å². The van der Waals surface area contributed by atoms with Crippen LogP contribution < -0.4 is 0 Å². The van der Waals surface area contributed by atoms with Crippen molar-refractivity contribution in [2.24, 2.45) is 23.7 Å². The number of rotatable bonds is 11. The summed E-state index contributed by atoms with van der Waals surface area (Å²) < 4.78 is 6.21. The average Bonchev–Trinajstić information content (AvgIpc) is 2.23. The first-order valence-electron chi connectivity index (χ1n) is 9.19. The van der Waals surface area contributed by atoms with Crippen molar-refractivity contribution in [1.82, 2.24) is 0 Å². The van der Waals surface area contributed by atoms with Crippen molar-refractivity contribution < 1.29 is 9.84 Å². The Hall–Kier alpha value is -0.0800. The van der Waals surface area contributed by atoms with E-state index in [1.54, 1.807) is 0 Å². The summed E-state index contributed by atoms with van der Waals surface area (Å²) in [4.78, 5) is 0. The van der Waals surface area contributed by atoms with Crippen molar-refractivity contribution in [2.45, 2.75) is 99.2 Å². The van der Waals surface area contributed by atoms with E-state index in [4.69, 9.17) is 4.74 Å². The highest BCUT2D eigenvalue weighted by atomic mass is 16.5. The second kappa shape index (κ2) is 9.27. The van der Waals surface area contributed by atoms with Gasteiger partial charge in [-0.1, -0.05) is 34.6 Å². The fourth-order valence-electron chi connectivity index (χ4n) is 3.30. The lowest BCUT2D eigenvalue weighted by Gasteiger charge is -2.38. The van der Waals surface area contributed by atoms with E-state index < -0.39 is 5.60 Å². The highest BCUT2D eigenvalue weighted by Gasteiger charge is 2.32. The summed E-state index contributed by atoms with van der Waals surface area (Å²) in [6.45, 7) is 20.4. The lowest BCUT2D eigenvalue weighted by atomic mass is 9.77. The fraction of sp³-hybridized carbons (Fsp3) is 1.00. The molecule has 0 aromatic heterocycles. The summed E-state index contributed by atoms with van der Waals surface area (Å²) in [6, 6.07) is 0. The zero-order valence-electron chi connectivity index (χ0n) is 16.7. The van der Waals surface area contributed by atoms with Gasteiger partial charge in [0.25, 0.3) is 0 Å². The lowest BCUT2D eigenvalue weighted by molar-refractivity contribution is -0.0877. The zero-order valence-corrected chi connectivity index (χ0v) is 16.7. The van der Waals surface area contributed by atoms with Gasteiger partial charge in [-0.3, -0.25) is 0 Å². The van der Waals surface area contributed by atoms with E-state index in [1.807, 2.05) is 13.8 Å². The molecule has 0 amide bonds. The highest BCUT2D eigenvalue weighted by Crippen LogP contribution is 2.34. The molecule has 0 fully saturated rings. The first kappa shape index (κ1) is 21.9. The molecule has 2 heteroatoms. The van der Waals surface area contributed by atoms with Gasteiger partial charge in [0.05, 0.1) is 17.8 Å². The van der Waals surface area contributed by atoms with Crippen LogP contribution in [0.15, 0.2) is 0 Å². The Morgan fingerprint density at radius 3 is 1.73 bits per heavy atom. The Morgan fingerprint density at radius 2 is 1.32 bits per heavy atom. The Morgan fingerprint density at radius 1 is 0.818 bits per heavy atom. The Kier molecular flexibility index (Phi) is 9.24. The average molecular weight is 315 g/mol. The molecule has 2 atom stereocenters. The summed E-state index contributed by atoms with van der Waals surface area (Å²) >= 11 is 0. The molecule has 0 heterocycles. The van der Waals surface area contributed by atoms with Crippen molar-refractivity contribution in [3.8, 4) is 0 Å². The van der Waals surface area contributed by atoms with Gasteiger partial charge in [0, 0.05) is 0 Å². The summed E-state index contributed by atoms with van der Waals surface area (Å²) in [7, 11) is 0. The van der Waals surface area contributed by atoms with Gasteiger partial charge < -0.3 is 9.84 Å². The molecule has 0 saturated heterocycles. The van der Waals surface area contributed by atoms with Gasteiger partial charge >= 0.3 is 0 Å². The Balaban J connectivity index is 4.68. The second-order valence-electron chi connectivity index (χ2n) is 9.31. The van der Waals surface area contributed by atoms with E-state index in [0.717, 1.165) is 11.8 Å². The van der Waals surface area contributed by atoms with E-state index >= 15 is 0 Å². The molecule has 0 spiro atoms. The number of hydrogen-bond acceptors (Lipinski definition) is 2. The van der Waals surface area contributed by atoms with E-state index in [-0.39, 0.29) is 5.60 Å². The van der Waals surface area contributed by atoms with Crippen molar-refractivity contribution in [2.75, 3.05) is 6.61 Å². The minimum Gasteiger partial charge on any atom is -0.390 e. The Bertz CT molecular complexity index is 287. The van der Waals surface area contributed by atoms with Gasteiger partial charge in [-0.25, -0.2) is 0 Å². The maximum absolute atomic E-state index is 9.86. The van der Waals surface area contributed by atoms with Crippen LogP contribution >= 0.6 is 0 Å². The van der Waals surface area contributed by atoms with Crippen LogP contribution in [0, 0.1) is 23.7 Å². The molecule has 22 heavy (non-hydrogen) atoms. The summed E-state index contributed by atoms with van der Waals surface area (Å²) in [5.74, 6) is 2.76. The third-order valence-electron chi connectivity index (χ3n) is 4.49. The first-order valence-corrected chi connectivity index (χ1v) is 9.19. The number of aliphatic hydroxyl groups is 1. The molecule has 0 aliphatic carbocycles. The summed E-state index contributed by atoms with van der Waals surface area (Å²) in [5, 5.41) is 9.86. The van der Waals surface area contributed by atoms with Crippen molar-refractivity contribution in [3.05, 3.63) is 0 Å². The van der Waals surface area contributed by atoms with Crippen LogP contribution in [-0.4, -0.2) is 22.9 Å². The SMILES string of the molecule is CC(C)CC(C)CC(CC(C)C)C(C)(C)OCCC(C)(C)O. The van der Waals surface area contributed by atoms with Gasteiger partial charge in [-0.2, -0.15) is 0 Å². The van der Waals surface area contributed by atoms with Gasteiger partial charge in [0.1, 0.15) is 0 Å². The predicted molar refractivity (Wildman–Crippen MR) is 97.1 cm³/mol. The van der Waals surface area contributed by atoms with Crippen molar-refractivity contribution in [1.29, 1.82) is 0 Å². The van der Waals surface area contributed by atoms with E-state index in [0.29, 0.717) is 24.9 Å². The largest absolute Gasteiger partial charge is 0.390 e. The summed E-state index contributed by atoms with van der Waals surface area (Å²) in [5.41, 5.74) is -0.769. The zero-order chi connectivity index (χ0) is 17.6. The Labute approximate surface area is 140 Å². The standard InChI is InChI=1S/C20H42O2/c1-15(2)12-17(5)14-18(13-16(3)4)20(8,9)22-11-10-19(6,7)21/h15-18,21H,10-14H2,1-9H3. The van der Waals surface area contributed by atoms with Gasteiger partial charge in [-0.05, 0) is 77.0 Å². The molecule has 0 aliphatic rings. The third-order valence-corrected chi connectivity index (χ3v) is 4.49. The van der Waals surface area contributed by atoms with Crippen LogP contribution in [0.2, 0.25) is 0 Å². The summed E-state index contributed by atoms with van der Waals surface area (Å²) in [6.07, 6.45) is 4.41. The topological polar surface area (TPSA) is 29.5 Å². The van der Waals surface area contributed by atoms with E-state index in [2.05, 4.69) is 48.5 Å². The van der Waals surface area contributed by atoms with Crippen molar-refractivity contribution in [3.63, 3.8) is 0 Å². The number of ether oxygens (including phenoxy) is 1. The molecular weight excluding hydrogens is 272 g/mol. The molecule has 0 aromatic carbocycles.